The number of nitrogens with one attached hydrogen (secondary N) is 2. The number of aliphatic hydroxyl groups excluding tert-OH is 1. The molecule has 0 spiro atoms. The topological polar surface area (TPSA) is 60.4 Å². The van der Waals surface area contributed by atoms with Crippen LogP contribution in [0.5, 0.6) is 0 Å². The molecule has 27 heavy (non-hydrogen) atoms. The average Bonchev–Trinajstić information content (AvgIpc) is 3.02. The van der Waals surface area contributed by atoms with Crippen molar-refractivity contribution in [2.45, 2.75) is 51.6 Å². The molecule has 0 saturated heterocycles. The Hall–Kier alpha value is -1.70. The van der Waals surface area contributed by atoms with Gasteiger partial charge in [-0.2, -0.15) is 0 Å². The number of hydrogen-bond donors (Lipinski definition) is 3. The molecule has 1 aliphatic heterocycles. The van der Waals surface area contributed by atoms with Crippen molar-refractivity contribution in [3.8, 4) is 0 Å². The molecule has 1 aromatic carbocycles. The van der Waals surface area contributed by atoms with Gasteiger partial charge < -0.3 is 20.0 Å². The summed E-state index contributed by atoms with van der Waals surface area (Å²) in [4.78, 5) is 6.04. The van der Waals surface area contributed by atoms with Gasteiger partial charge in [-0.05, 0) is 45.2 Å². The first kappa shape index (κ1) is 20.0. The van der Waals surface area contributed by atoms with E-state index in [1.807, 2.05) is 19.9 Å². The molecule has 1 aromatic heterocycles. The molecule has 2 heterocycles. The molecule has 0 saturated carbocycles. The minimum Gasteiger partial charge on any atom is -0.394 e. The largest absolute Gasteiger partial charge is 0.394 e. The van der Waals surface area contributed by atoms with E-state index in [2.05, 4.69) is 59.3 Å². The summed E-state index contributed by atoms with van der Waals surface area (Å²) in [5.41, 5.74) is 2.84. The molecule has 7 heteroatoms. The second-order valence-corrected chi connectivity index (χ2v) is 9.73. The van der Waals surface area contributed by atoms with E-state index in [1.54, 1.807) is 23.3 Å². The lowest BCUT2D eigenvalue weighted by molar-refractivity contribution is 0.203. The highest BCUT2D eigenvalue weighted by Gasteiger charge is 2.27. The normalized spacial score (nSPS) is 14.1. The van der Waals surface area contributed by atoms with Gasteiger partial charge >= 0.3 is 0 Å². The van der Waals surface area contributed by atoms with Crippen LogP contribution in [0.2, 0.25) is 0 Å². The highest BCUT2D eigenvalue weighted by molar-refractivity contribution is 7.96. The molecule has 146 valence electrons. The minimum atomic E-state index is -0.411. The summed E-state index contributed by atoms with van der Waals surface area (Å²) in [6.45, 7) is 9.10. The van der Waals surface area contributed by atoms with E-state index < -0.39 is 5.54 Å². The maximum atomic E-state index is 9.68. The van der Waals surface area contributed by atoms with Gasteiger partial charge in [0.25, 0.3) is 0 Å². The van der Waals surface area contributed by atoms with Crippen molar-refractivity contribution in [1.29, 1.82) is 0 Å². The molecule has 0 fully saturated rings. The molecule has 3 rings (SSSR count). The Morgan fingerprint density at radius 1 is 1.30 bits per heavy atom. The summed E-state index contributed by atoms with van der Waals surface area (Å²) in [5.74, 6) is 0.916. The Labute approximate surface area is 170 Å². The summed E-state index contributed by atoms with van der Waals surface area (Å²) >= 11 is 3.49. The Balaban J connectivity index is 1.81. The van der Waals surface area contributed by atoms with Crippen molar-refractivity contribution in [1.82, 2.24) is 14.6 Å². The Bertz CT molecular complexity index is 787. The molecule has 2 aromatic rings. The van der Waals surface area contributed by atoms with Gasteiger partial charge in [0.05, 0.1) is 29.3 Å². The highest BCUT2D eigenvalue weighted by Crippen LogP contribution is 2.36. The lowest BCUT2D eigenvalue weighted by Crippen LogP contribution is -2.42. The molecule has 0 unspecified atom stereocenters. The molecule has 3 N–H and O–H groups in total. The molecular weight excluding hydrogens is 376 g/mol. The Kier molecular flexibility index (Phi) is 6.34. The fourth-order valence-corrected chi connectivity index (χ4v) is 4.79. The summed E-state index contributed by atoms with van der Waals surface area (Å²) in [6, 6.07) is 10.8. The van der Waals surface area contributed by atoms with Crippen LogP contribution in [-0.4, -0.2) is 32.6 Å². The number of anilines is 1. The van der Waals surface area contributed by atoms with Crippen LogP contribution in [0.15, 0.2) is 36.5 Å². The highest BCUT2D eigenvalue weighted by atomic mass is 32.2. The van der Waals surface area contributed by atoms with Crippen molar-refractivity contribution < 1.29 is 5.11 Å². The van der Waals surface area contributed by atoms with E-state index in [-0.39, 0.29) is 6.61 Å². The maximum absolute atomic E-state index is 9.68. The predicted octanol–water partition coefficient (Wildman–Crippen LogP) is 4.29. The number of aromatic nitrogens is 1. The van der Waals surface area contributed by atoms with Crippen molar-refractivity contribution in [3.05, 3.63) is 52.7 Å². The number of rotatable bonds is 8. The third-order valence-corrected chi connectivity index (χ3v) is 6.05. The third kappa shape index (κ3) is 5.40. The van der Waals surface area contributed by atoms with Crippen LogP contribution in [0.1, 0.15) is 43.8 Å². The second-order valence-electron chi connectivity index (χ2n) is 7.63. The van der Waals surface area contributed by atoms with Crippen LogP contribution in [0.25, 0.3) is 5.70 Å². The molecule has 0 bridgehead atoms. The van der Waals surface area contributed by atoms with E-state index in [0.717, 1.165) is 28.8 Å². The van der Waals surface area contributed by atoms with E-state index in [4.69, 9.17) is 4.98 Å². The monoisotopic (exact) mass is 404 g/mol. The van der Waals surface area contributed by atoms with E-state index in [1.165, 1.54) is 10.4 Å². The molecule has 5 nitrogen and oxygen atoms in total. The molecule has 0 aliphatic carbocycles. The summed E-state index contributed by atoms with van der Waals surface area (Å²) < 4.78 is 2.25. The van der Waals surface area contributed by atoms with Crippen LogP contribution in [-0.2, 0) is 12.3 Å². The zero-order chi connectivity index (χ0) is 19.4. The summed E-state index contributed by atoms with van der Waals surface area (Å²) in [5, 5.41) is 17.5. The van der Waals surface area contributed by atoms with E-state index >= 15 is 0 Å². The first-order valence-electron chi connectivity index (χ1n) is 9.17. The SMILES string of the molecule is CC(C)Nc1nc2c(s1)CN(SCc1ccccc1)C=C2NC(C)(C)CO. The Morgan fingerprint density at radius 3 is 2.70 bits per heavy atom. The number of benzene rings is 1. The minimum absolute atomic E-state index is 0.0536. The lowest BCUT2D eigenvalue weighted by Gasteiger charge is -2.31. The van der Waals surface area contributed by atoms with Gasteiger partial charge in [0.15, 0.2) is 5.13 Å². The molecule has 0 amide bonds. The predicted molar refractivity (Wildman–Crippen MR) is 116 cm³/mol. The molecule has 0 radical (unpaired) electrons. The van der Waals surface area contributed by atoms with Crippen molar-refractivity contribution >= 4 is 34.1 Å². The first-order valence-corrected chi connectivity index (χ1v) is 10.9. The maximum Gasteiger partial charge on any atom is 0.183 e. The lowest BCUT2D eigenvalue weighted by atomic mass is 10.1. The van der Waals surface area contributed by atoms with E-state index in [0.29, 0.717) is 6.04 Å². The standard InChI is InChI=1S/C20H28N4OS2/c1-14(2)21-19-22-18-16(23-20(3,4)13-25)10-24(11-17(18)27-19)26-12-15-8-6-5-7-9-15/h5-10,14,23,25H,11-13H2,1-4H3,(H,21,22). The van der Waals surface area contributed by atoms with Crippen molar-refractivity contribution in [2.75, 3.05) is 11.9 Å². The van der Waals surface area contributed by atoms with Crippen LogP contribution >= 0.6 is 23.3 Å². The number of hydrogen-bond acceptors (Lipinski definition) is 7. The van der Waals surface area contributed by atoms with Gasteiger partial charge in [0.1, 0.15) is 5.69 Å². The fourth-order valence-electron chi connectivity index (χ4n) is 2.68. The van der Waals surface area contributed by atoms with Crippen LogP contribution in [0.4, 0.5) is 5.13 Å². The smallest absolute Gasteiger partial charge is 0.183 e. The van der Waals surface area contributed by atoms with Crippen LogP contribution in [0.3, 0.4) is 0 Å². The number of aliphatic hydroxyl groups is 1. The van der Waals surface area contributed by atoms with Gasteiger partial charge in [0.2, 0.25) is 0 Å². The quantitative estimate of drug-likeness (QED) is 0.571. The van der Waals surface area contributed by atoms with Crippen LogP contribution < -0.4 is 10.6 Å². The Morgan fingerprint density at radius 2 is 2.04 bits per heavy atom. The second kappa shape index (κ2) is 8.54. The van der Waals surface area contributed by atoms with Gasteiger partial charge in [-0.15, -0.1) is 0 Å². The van der Waals surface area contributed by atoms with Crippen molar-refractivity contribution in [2.24, 2.45) is 0 Å². The third-order valence-electron chi connectivity index (χ3n) is 4.05. The fraction of sp³-hybridized carbons (Fsp3) is 0.450. The van der Waals surface area contributed by atoms with Gasteiger partial charge in [0, 0.05) is 18.0 Å². The van der Waals surface area contributed by atoms with Crippen LogP contribution in [0, 0.1) is 0 Å². The van der Waals surface area contributed by atoms with Gasteiger partial charge in [-0.3, -0.25) is 0 Å². The van der Waals surface area contributed by atoms with Crippen molar-refractivity contribution in [3.63, 3.8) is 0 Å². The summed E-state index contributed by atoms with van der Waals surface area (Å²) in [6.07, 6.45) is 2.12. The summed E-state index contributed by atoms with van der Waals surface area (Å²) in [7, 11) is 0. The molecular formula is C20H28N4OS2. The van der Waals surface area contributed by atoms with Gasteiger partial charge in [-0.25, -0.2) is 4.98 Å². The first-order chi connectivity index (χ1) is 12.9. The number of thiazole rings is 1. The number of fused-ring (bicyclic) bond motifs is 1. The van der Waals surface area contributed by atoms with E-state index in [9.17, 15) is 5.11 Å². The average molecular weight is 405 g/mol. The van der Waals surface area contributed by atoms with Gasteiger partial charge in [-0.1, -0.05) is 41.7 Å². The molecule has 1 aliphatic rings. The zero-order valence-electron chi connectivity index (χ0n) is 16.3. The zero-order valence-corrected chi connectivity index (χ0v) is 18.0. The molecule has 0 atom stereocenters. The number of nitrogens with zero attached hydrogens (tertiary/aromatic N) is 2.